The number of para-hydroxylation sites is 2. The maximum atomic E-state index is 13.1. The highest BCUT2D eigenvalue weighted by atomic mass is 32.1. The molecule has 1 aliphatic heterocycles. The van der Waals surface area contributed by atoms with E-state index in [1.807, 2.05) is 59.8 Å². The molecule has 3 aromatic heterocycles. The molecule has 0 radical (unpaired) electrons. The van der Waals surface area contributed by atoms with Gasteiger partial charge in [0.1, 0.15) is 18.2 Å². The van der Waals surface area contributed by atoms with Crippen LogP contribution in [0.4, 0.5) is 10.9 Å². The van der Waals surface area contributed by atoms with Crippen molar-refractivity contribution in [3.05, 3.63) is 59.3 Å². The van der Waals surface area contributed by atoms with Gasteiger partial charge in [0.2, 0.25) is 5.91 Å². The number of amides is 1. The Balaban J connectivity index is 1.30. The van der Waals surface area contributed by atoms with Crippen molar-refractivity contribution in [3.8, 4) is 0 Å². The number of nitrogens with one attached hydrogen (secondary N) is 1. The Bertz CT molecular complexity index is 1260. The van der Waals surface area contributed by atoms with E-state index in [-0.39, 0.29) is 18.4 Å². The van der Waals surface area contributed by atoms with Crippen LogP contribution >= 0.6 is 11.3 Å². The van der Waals surface area contributed by atoms with Gasteiger partial charge in [-0.1, -0.05) is 12.1 Å². The lowest BCUT2D eigenvalue weighted by molar-refractivity contribution is -0.133. The van der Waals surface area contributed by atoms with Gasteiger partial charge in [-0.05, 0) is 38.8 Å². The van der Waals surface area contributed by atoms with Gasteiger partial charge in [0.25, 0.3) is 0 Å². The number of imidazole rings is 1. The minimum absolute atomic E-state index is 0.0992. The van der Waals surface area contributed by atoms with Gasteiger partial charge in [0.05, 0.1) is 17.4 Å². The average molecular weight is 448 g/mol. The standard InChI is InChI=1S/C23H25N7OS/c1-15-10-20(28-23-24-11-16(2)32-23)27-22(26-15)17-6-5-9-29(12-17)21(31)13-30-14-25-18-7-3-4-8-19(18)30/h3-4,7-8,10-11,14,17H,5-6,9,12-13H2,1-2H3,(H,24,26,27,28)/t17-/m1/s1. The van der Waals surface area contributed by atoms with Gasteiger partial charge < -0.3 is 14.8 Å². The molecule has 0 spiro atoms. The Labute approximate surface area is 190 Å². The van der Waals surface area contributed by atoms with Crippen LogP contribution in [0.2, 0.25) is 0 Å². The highest BCUT2D eigenvalue weighted by molar-refractivity contribution is 7.15. The predicted molar refractivity (Wildman–Crippen MR) is 125 cm³/mol. The topological polar surface area (TPSA) is 88.8 Å². The second-order valence-corrected chi connectivity index (χ2v) is 9.43. The van der Waals surface area contributed by atoms with Gasteiger partial charge >= 0.3 is 0 Å². The smallest absolute Gasteiger partial charge is 0.242 e. The lowest BCUT2D eigenvalue weighted by Crippen LogP contribution is -2.41. The zero-order chi connectivity index (χ0) is 22.1. The molecule has 1 atom stereocenters. The summed E-state index contributed by atoms with van der Waals surface area (Å²) in [6.07, 6.45) is 5.49. The first kappa shape index (κ1) is 20.6. The van der Waals surface area contributed by atoms with Crippen LogP contribution in [0.5, 0.6) is 0 Å². The summed E-state index contributed by atoms with van der Waals surface area (Å²) >= 11 is 1.59. The van der Waals surface area contributed by atoms with E-state index in [2.05, 4.69) is 15.3 Å². The summed E-state index contributed by atoms with van der Waals surface area (Å²) in [7, 11) is 0. The van der Waals surface area contributed by atoms with E-state index >= 15 is 0 Å². The molecule has 1 aromatic carbocycles. The summed E-state index contributed by atoms with van der Waals surface area (Å²) in [6, 6.07) is 9.80. The Hall–Kier alpha value is -3.33. The van der Waals surface area contributed by atoms with E-state index < -0.39 is 0 Å². The third-order valence-electron chi connectivity index (χ3n) is 5.70. The van der Waals surface area contributed by atoms with Crippen LogP contribution < -0.4 is 5.32 Å². The van der Waals surface area contributed by atoms with Gasteiger partial charge in [-0.15, -0.1) is 11.3 Å². The van der Waals surface area contributed by atoms with Gasteiger partial charge in [0, 0.05) is 41.8 Å². The number of likely N-dealkylation sites (tertiary alicyclic amines) is 1. The van der Waals surface area contributed by atoms with Crippen molar-refractivity contribution in [2.24, 2.45) is 0 Å². The summed E-state index contributed by atoms with van der Waals surface area (Å²) in [6.45, 7) is 5.68. The summed E-state index contributed by atoms with van der Waals surface area (Å²) < 4.78 is 1.92. The molecule has 1 amide bonds. The van der Waals surface area contributed by atoms with E-state index in [0.717, 1.165) is 57.8 Å². The molecule has 0 aliphatic carbocycles. The lowest BCUT2D eigenvalue weighted by Gasteiger charge is -2.32. The van der Waals surface area contributed by atoms with Crippen LogP contribution in [0.3, 0.4) is 0 Å². The fourth-order valence-electron chi connectivity index (χ4n) is 4.16. The number of benzene rings is 1. The normalized spacial score (nSPS) is 16.4. The predicted octanol–water partition coefficient (Wildman–Crippen LogP) is 4.05. The summed E-state index contributed by atoms with van der Waals surface area (Å²) in [5.74, 6) is 1.74. The zero-order valence-electron chi connectivity index (χ0n) is 18.2. The lowest BCUT2D eigenvalue weighted by atomic mass is 9.97. The highest BCUT2D eigenvalue weighted by Crippen LogP contribution is 2.27. The van der Waals surface area contributed by atoms with Crippen LogP contribution in [0, 0.1) is 13.8 Å². The van der Waals surface area contributed by atoms with E-state index in [0.29, 0.717) is 6.54 Å². The number of piperidine rings is 1. The third-order valence-corrected chi connectivity index (χ3v) is 6.53. The molecule has 1 aliphatic rings. The van der Waals surface area contributed by atoms with Crippen molar-refractivity contribution in [2.45, 2.75) is 39.2 Å². The Morgan fingerprint density at radius 2 is 2.09 bits per heavy atom. The van der Waals surface area contributed by atoms with Crippen molar-refractivity contribution >= 4 is 39.2 Å². The van der Waals surface area contributed by atoms with E-state index in [4.69, 9.17) is 9.97 Å². The number of fused-ring (bicyclic) bond motifs is 1. The average Bonchev–Trinajstić information content (AvgIpc) is 3.39. The number of aryl methyl sites for hydroxylation is 2. The molecule has 1 saturated heterocycles. The minimum atomic E-state index is 0.0992. The number of hydrogen-bond donors (Lipinski definition) is 1. The zero-order valence-corrected chi connectivity index (χ0v) is 19.0. The Kier molecular flexibility index (Phi) is 5.57. The molecule has 4 aromatic rings. The molecule has 9 heteroatoms. The first-order chi connectivity index (χ1) is 15.5. The molecular formula is C23H25N7OS. The molecule has 8 nitrogen and oxygen atoms in total. The number of nitrogens with zero attached hydrogens (tertiary/aromatic N) is 6. The third kappa shape index (κ3) is 4.34. The van der Waals surface area contributed by atoms with Crippen molar-refractivity contribution < 1.29 is 4.79 Å². The molecule has 0 unspecified atom stereocenters. The molecule has 4 heterocycles. The van der Waals surface area contributed by atoms with Crippen molar-refractivity contribution in [2.75, 3.05) is 18.4 Å². The first-order valence-corrected chi connectivity index (χ1v) is 11.6. The number of aromatic nitrogens is 5. The molecule has 1 N–H and O–H groups in total. The van der Waals surface area contributed by atoms with Crippen molar-refractivity contribution in [1.29, 1.82) is 0 Å². The number of carbonyl (C=O) groups is 1. The Morgan fingerprint density at radius 1 is 1.22 bits per heavy atom. The summed E-state index contributed by atoms with van der Waals surface area (Å²) in [5.41, 5.74) is 2.78. The molecular weight excluding hydrogens is 422 g/mol. The van der Waals surface area contributed by atoms with Crippen molar-refractivity contribution in [1.82, 2.24) is 29.4 Å². The van der Waals surface area contributed by atoms with Gasteiger partial charge in [0.15, 0.2) is 5.13 Å². The number of thiazole rings is 1. The van der Waals surface area contributed by atoms with E-state index in [1.54, 1.807) is 17.7 Å². The minimum Gasteiger partial charge on any atom is -0.340 e. The largest absolute Gasteiger partial charge is 0.340 e. The number of carbonyl (C=O) groups excluding carboxylic acids is 1. The maximum Gasteiger partial charge on any atom is 0.242 e. The van der Waals surface area contributed by atoms with Crippen LogP contribution in [-0.4, -0.2) is 48.4 Å². The number of anilines is 2. The molecule has 164 valence electrons. The van der Waals surface area contributed by atoms with Crippen molar-refractivity contribution in [3.63, 3.8) is 0 Å². The number of rotatable bonds is 5. The SMILES string of the molecule is Cc1cc(Nc2ncc(C)s2)nc([C@@H]2CCCN(C(=O)Cn3cnc4ccccc43)C2)n1. The van der Waals surface area contributed by atoms with Crippen LogP contribution in [0.1, 0.15) is 35.2 Å². The molecule has 5 rings (SSSR count). The highest BCUT2D eigenvalue weighted by Gasteiger charge is 2.27. The number of hydrogen-bond acceptors (Lipinski definition) is 7. The van der Waals surface area contributed by atoms with Gasteiger partial charge in [-0.3, -0.25) is 4.79 Å². The molecule has 1 fully saturated rings. The van der Waals surface area contributed by atoms with E-state index in [1.165, 1.54) is 0 Å². The quantitative estimate of drug-likeness (QED) is 0.497. The maximum absolute atomic E-state index is 13.1. The van der Waals surface area contributed by atoms with Crippen LogP contribution in [-0.2, 0) is 11.3 Å². The van der Waals surface area contributed by atoms with Gasteiger partial charge in [-0.2, -0.15) is 0 Å². The summed E-state index contributed by atoms with van der Waals surface area (Å²) in [5, 5.41) is 4.11. The second kappa shape index (κ2) is 8.66. The fourth-order valence-corrected chi connectivity index (χ4v) is 4.83. The van der Waals surface area contributed by atoms with E-state index in [9.17, 15) is 4.79 Å². The van der Waals surface area contributed by atoms with Crippen LogP contribution in [0.25, 0.3) is 11.0 Å². The monoisotopic (exact) mass is 447 g/mol. The molecule has 0 bridgehead atoms. The second-order valence-electron chi connectivity index (χ2n) is 8.19. The molecule has 0 saturated carbocycles. The molecule has 32 heavy (non-hydrogen) atoms. The van der Waals surface area contributed by atoms with Crippen LogP contribution in [0.15, 0.2) is 42.9 Å². The summed E-state index contributed by atoms with van der Waals surface area (Å²) in [4.78, 5) is 34.4. The fraction of sp³-hybridized carbons (Fsp3) is 0.348. The first-order valence-electron chi connectivity index (χ1n) is 10.8. The Morgan fingerprint density at radius 3 is 2.94 bits per heavy atom. The van der Waals surface area contributed by atoms with Gasteiger partial charge in [-0.25, -0.2) is 19.9 Å².